The summed E-state index contributed by atoms with van der Waals surface area (Å²) in [6, 6.07) is 10.9. The van der Waals surface area contributed by atoms with Gasteiger partial charge in [-0.1, -0.05) is 12.1 Å². The molecule has 4 nitrogen and oxygen atoms in total. The van der Waals surface area contributed by atoms with Crippen molar-refractivity contribution in [1.29, 1.82) is 0 Å². The van der Waals surface area contributed by atoms with E-state index in [1.807, 2.05) is 6.92 Å². The topological polar surface area (TPSA) is 58.2 Å². The Bertz CT molecular complexity index is 790. The quantitative estimate of drug-likeness (QED) is 0.916. The largest absolute Gasteiger partial charge is 0.382 e. The lowest BCUT2D eigenvalue weighted by Crippen LogP contribution is -2.14. The maximum absolute atomic E-state index is 13.6. The molecule has 1 aliphatic rings. The fourth-order valence-corrected chi connectivity index (χ4v) is 3.56. The van der Waals surface area contributed by atoms with Crippen LogP contribution in [0, 0.1) is 5.82 Å². The number of hydrogen-bond acceptors (Lipinski definition) is 3. The lowest BCUT2D eigenvalue weighted by molar-refractivity contribution is 0.598. The highest BCUT2D eigenvalue weighted by molar-refractivity contribution is 7.92. The van der Waals surface area contributed by atoms with Gasteiger partial charge in [0, 0.05) is 11.7 Å². The van der Waals surface area contributed by atoms with E-state index in [4.69, 9.17) is 0 Å². The molecule has 2 N–H and O–H groups in total. The van der Waals surface area contributed by atoms with Gasteiger partial charge < -0.3 is 5.32 Å². The summed E-state index contributed by atoms with van der Waals surface area (Å²) in [6.45, 7) is 2.03. The first-order valence-corrected chi connectivity index (χ1v) is 8.11. The van der Waals surface area contributed by atoms with E-state index in [9.17, 15) is 12.8 Å². The Morgan fingerprint density at radius 2 is 2.00 bits per heavy atom. The van der Waals surface area contributed by atoms with Crippen molar-refractivity contribution in [1.82, 2.24) is 0 Å². The van der Waals surface area contributed by atoms with Gasteiger partial charge in [-0.15, -0.1) is 0 Å². The molecule has 0 unspecified atom stereocenters. The first-order chi connectivity index (χ1) is 9.95. The number of rotatable bonds is 3. The molecule has 0 aromatic heterocycles. The van der Waals surface area contributed by atoms with Crippen molar-refractivity contribution in [2.45, 2.75) is 24.3 Å². The highest BCUT2D eigenvalue weighted by Crippen LogP contribution is 2.29. The molecule has 1 heterocycles. The number of halogens is 1. The summed E-state index contributed by atoms with van der Waals surface area (Å²) in [4.78, 5) is 0.139. The minimum Gasteiger partial charge on any atom is -0.382 e. The van der Waals surface area contributed by atoms with Crippen LogP contribution in [0.4, 0.5) is 15.8 Å². The Labute approximate surface area is 123 Å². The highest BCUT2D eigenvalue weighted by atomic mass is 32.2. The summed E-state index contributed by atoms with van der Waals surface area (Å²) in [5.74, 6) is -0.600. The maximum Gasteiger partial charge on any atom is 0.261 e. The van der Waals surface area contributed by atoms with Crippen molar-refractivity contribution in [3.05, 3.63) is 53.8 Å². The Kier molecular flexibility index (Phi) is 3.33. The van der Waals surface area contributed by atoms with Crippen LogP contribution in [0.2, 0.25) is 0 Å². The summed E-state index contributed by atoms with van der Waals surface area (Å²) in [5, 5.41) is 3.26. The first kappa shape index (κ1) is 13.9. The zero-order chi connectivity index (χ0) is 15.0. The maximum atomic E-state index is 13.6. The third kappa shape index (κ3) is 2.71. The number of para-hydroxylation sites is 1. The second-order valence-corrected chi connectivity index (χ2v) is 6.84. The molecule has 0 saturated heterocycles. The second-order valence-electron chi connectivity index (χ2n) is 5.15. The number of sulfonamides is 1. The summed E-state index contributed by atoms with van der Waals surface area (Å²) < 4.78 is 40.5. The average Bonchev–Trinajstić information content (AvgIpc) is 2.80. The molecule has 0 spiro atoms. The van der Waals surface area contributed by atoms with Gasteiger partial charge in [0.15, 0.2) is 0 Å². The lowest BCUT2D eigenvalue weighted by atomic mass is 10.1. The minimum absolute atomic E-state index is 0.0514. The summed E-state index contributed by atoms with van der Waals surface area (Å²) in [6.07, 6.45) is 0.776. The van der Waals surface area contributed by atoms with Gasteiger partial charge in [0.05, 0.1) is 10.6 Å². The van der Waals surface area contributed by atoms with Crippen LogP contribution < -0.4 is 10.0 Å². The van der Waals surface area contributed by atoms with Gasteiger partial charge in [-0.3, -0.25) is 4.72 Å². The SMILES string of the molecule is C[C@@H]1Cc2cc(S(=O)(=O)Nc3ccccc3F)ccc2N1. The fraction of sp³-hybridized carbons (Fsp3) is 0.200. The number of benzene rings is 2. The van der Waals surface area contributed by atoms with Crippen molar-refractivity contribution < 1.29 is 12.8 Å². The molecule has 1 atom stereocenters. The van der Waals surface area contributed by atoms with Crippen LogP contribution in [-0.4, -0.2) is 14.5 Å². The predicted molar refractivity (Wildman–Crippen MR) is 80.4 cm³/mol. The van der Waals surface area contributed by atoms with Gasteiger partial charge in [-0.25, -0.2) is 12.8 Å². The van der Waals surface area contributed by atoms with Crippen molar-refractivity contribution in [2.24, 2.45) is 0 Å². The number of fused-ring (bicyclic) bond motifs is 1. The average molecular weight is 306 g/mol. The van der Waals surface area contributed by atoms with Crippen LogP contribution in [0.25, 0.3) is 0 Å². The van der Waals surface area contributed by atoms with Crippen LogP contribution in [0.15, 0.2) is 47.4 Å². The highest BCUT2D eigenvalue weighted by Gasteiger charge is 2.21. The van der Waals surface area contributed by atoms with E-state index in [2.05, 4.69) is 10.0 Å². The van der Waals surface area contributed by atoms with E-state index in [0.29, 0.717) is 0 Å². The zero-order valence-corrected chi connectivity index (χ0v) is 12.2. The van der Waals surface area contributed by atoms with Crippen LogP contribution in [0.3, 0.4) is 0 Å². The van der Waals surface area contributed by atoms with Gasteiger partial charge in [-0.2, -0.15) is 0 Å². The molecule has 6 heteroatoms. The third-order valence-corrected chi connectivity index (χ3v) is 4.80. The van der Waals surface area contributed by atoms with Crippen molar-refractivity contribution in [3.8, 4) is 0 Å². The van der Waals surface area contributed by atoms with Crippen molar-refractivity contribution in [3.63, 3.8) is 0 Å². The van der Waals surface area contributed by atoms with Gasteiger partial charge in [0.2, 0.25) is 0 Å². The number of anilines is 2. The molecule has 0 radical (unpaired) electrons. The number of hydrogen-bond donors (Lipinski definition) is 2. The predicted octanol–water partition coefficient (Wildman–Crippen LogP) is 2.98. The molecular formula is C15H15FN2O2S. The van der Waals surface area contributed by atoms with E-state index < -0.39 is 15.8 Å². The molecule has 3 rings (SSSR count). The van der Waals surface area contributed by atoms with Gasteiger partial charge in [-0.05, 0) is 49.2 Å². The van der Waals surface area contributed by atoms with E-state index in [1.165, 1.54) is 24.3 Å². The Balaban J connectivity index is 1.93. The molecule has 21 heavy (non-hydrogen) atoms. The molecule has 0 amide bonds. The third-order valence-electron chi connectivity index (χ3n) is 3.43. The van der Waals surface area contributed by atoms with Gasteiger partial charge in [0.25, 0.3) is 10.0 Å². The van der Waals surface area contributed by atoms with E-state index in [-0.39, 0.29) is 16.6 Å². The Morgan fingerprint density at radius 3 is 2.76 bits per heavy atom. The molecule has 0 fully saturated rings. The molecule has 0 aliphatic carbocycles. The lowest BCUT2D eigenvalue weighted by Gasteiger charge is -2.10. The molecule has 2 aromatic carbocycles. The zero-order valence-electron chi connectivity index (χ0n) is 11.4. The smallest absolute Gasteiger partial charge is 0.261 e. The van der Waals surface area contributed by atoms with Crippen molar-refractivity contribution >= 4 is 21.4 Å². The summed E-state index contributed by atoms with van der Waals surface area (Å²) in [5.41, 5.74) is 1.86. The molecule has 2 aromatic rings. The number of nitrogens with one attached hydrogen (secondary N) is 2. The van der Waals surface area contributed by atoms with Crippen LogP contribution in [0.1, 0.15) is 12.5 Å². The normalized spacial score (nSPS) is 17.1. The Hall–Kier alpha value is -2.08. The molecule has 0 bridgehead atoms. The van der Waals surface area contributed by atoms with Crippen LogP contribution in [-0.2, 0) is 16.4 Å². The second kappa shape index (κ2) is 5.04. The molecular weight excluding hydrogens is 291 g/mol. The van der Waals surface area contributed by atoms with E-state index in [1.54, 1.807) is 18.2 Å². The molecule has 110 valence electrons. The van der Waals surface area contributed by atoms with E-state index >= 15 is 0 Å². The summed E-state index contributed by atoms with van der Waals surface area (Å²) >= 11 is 0. The summed E-state index contributed by atoms with van der Waals surface area (Å²) in [7, 11) is -3.79. The molecule has 0 saturated carbocycles. The van der Waals surface area contributed by atoms with Gasteiger partial charge in [0.1, 0.15) is 5.82 Å². The fourth-order valence-electron chi connectivity index (χ4n) is 2.44. The molecule has 1 aliphatic heterocycles. The van der Waals surface area contributed by atoms with Crippen LogP contribution in [0.5, 0.6) is 0 Å². The minimum atomic E-state index is -3.79. The Morgan fingerprint density at radius 1 is 1.24 bits per heavy atom. The first-order valence-electron chi connectivity index (χ1n) is 6.62. The van der Waals surface area contributed by atoms with Crippen LogP contribution >= 0.6 is 0 Å². The van der Waals surface area contributed by atoms with Crippen molar-refractivity contribution in [2.75, 3.05) is 10.0 Å². The standard InChI is InChI=1S/C15H15FN2O2S/c1-10-8-11-9-12(6-7-14(11)17-10)21(19,20)18-15-5-3-2-4-13(15)16/h2-7,9-10,17-18H,8H2,1H3/t10-/m1/s1. The van der Waals surface area contributed by atoms with E-state index in [0.717, 1.165) is 17.7 Å². The van der Waals surface area contributed by atoms with Gasteiger partial charge >= 0.3 is 0 Å². The monoisotopic (exact) mass is 306 g/mol.